The highest BCUT2D eigenvalue weighted by Crippen LogP contribution is 2.52. The summed E-state index contributed by atoms with van der Waals surface area (Å²) < 4.78 is 0. The van der Waals surface area contributed by atoms with Gasteiger partial charge in [-0.1, -0.05) is 90.4 Å². The molecule has 21 heavy (non-hydrogen) atoms. The number of unbranched alkanes of at least 4 members (excludes halogenated alkanes) is 1. The largest absolute Gasteiger partial charge is 0.390 e. The van der Waals surface area contributed by atoms with Gasteiger partial charge in [0.1, 0.15) is 0 Å². The minimum atomic E-state index is -0.305. The highest BCUT2D eigenvalue weighted by atomic mass is 16.3. The Balaban J connectivity index is 1.83. The van der Waals surface area contributed by atoms with Crippen molar-refractivity contribution in [2.75, 3.05) is 0 Å². The molecular formula is C20H38O. The van der Waals surface area contributed by atoms with E-state index in [9.17, 15) is 5.11 Å². The molecule has 0 aliphatic heterocycles. The molecule has 2 fully saturated rings. The zero-order chi connectivity index (χ0) is 15.0. The van der Waals surface area contributed by atoms with Crippen molar-refractivity contribution in [2.45, 2.75) is 115 Å². The van der Waals surface area contributed by atoms with Gasteiger partial charge < -0.3 is 5.11 Å². The molecule has 1 nitrogen and oxygen atoms in total. The van der Waals surface area contributed by atoms with Crippen LogP contribution in [0.3, 0.4) is 0 Å². The van der Waals surface area contributed by atoms with E-state index in [1.807, 2.05) is 0 Å². The minimum absolute atomic E-state index is 0.305. The molecule has 0 radical (unpaired) electrons. The molecule has 2 aliphatic rings. The average Bonchev–Trinajstić information content (AvgIpc) is 3.26. The summed E-state index contributed by atoms with van der Waals surface area (Å²) in [5, 5.41) is 11.2. The van der Waals surface area contributed by atoms with E-state index in [4.69, 9.17) is 0 Å². The lowest BCUT2D eigenvalue weighted by molar-refractivity contribution is -0.00890. The van der Waals surface area contributed by atoms with Gasteiger partial charge in [-0.3, -0.25) is 0 Å². The summed E-state index contributed by atoms with van der Waals surface area (Å²) in [7, 11) is 0. The van der Waals surface area contributed by atoms with Gasteiger partial charge in [0.2, 0.25) is 0 Å². The Kier molecular flexibility index (Phi) is 7.57. The molecule has 0 saturated heterocycles. The molecule has 0 bridgehead atoms. The van der Waals surface area contributed by atoms with Crippen LogP contribution in [0.5, 0.6) is 0 Å². The molecule has 3 atom stereocenters. The summed E-state index contributed by atoms with van der Waals surface area (Å²) in [5.74, 6) is 1.51. The fourth-order valence-electron chi connectivity index (χ4n) is 4.46. The predicted molar refractivity (Wildman–Crippen MR) is 91.5 cm³/mol. The van der Waals surface area contributed by atoms with Crippen molar-refractivity contribution in [1.82, 2.24) is 0 Å². The quantitative estimate of drug-likeness (QED) is 0.653. The fourth-order valence-corrected chi connectivity index (χ4v) is 4.46. The molecule has 0 aromatic heterocycles. The van der Waals surface area contributed by atoms with Gasteiger partial charge in [0, 0.05) is 0 Å². The first-order chi connectivity index (χ1) is 10.3. The molecule has 2 aliphatic carbocycles. The zero-order valence-corrected chi connectivity index (χ0v) is 14.4. The molecule has 0 heterocycles. The summed E-state index contributed by atoms with van der Waals surface area (Å²) >= 11 is 0. The van der Waals surface area contributed by atoms with Gasteiger partial charge in [0.05, 0.1) is 5.60 Å². The Morgan fingerprint density at radius 3 is 2.05 bits per heavy atom. The predicted octanol–water partition coefficient (Wildman–Crippen LogP) is 6.24. The smallest absolute Gasteiger partial charge is 0.0678 e. The van der Waals surface area contributed by atoms with Gasteiger partial charge in [-0.15, -0.1) is 0 Å². The molecule has 2 saturated carbocycles. The molecule has 124 valence electrons. The minimum Gasteiger partial charge on any atom is -0.390 e. The Hall–Kier alpha value is -0.0400. The number of aliphatic hydroxyl groups is 1. The molecule has 0 aromatic carbocycles. The summed E-state index contributed by atoms with van der Waals surface area (Å²) in [6.07, 6.45) is 21.3. The van der Waals surface area contributed by atoms with Gasteiger partial charge in [-0.25, -0.2) is 0 Å². The van der Waals surface area contributed by atoms with Crippen molar-refractivity contribution in [3.05, 3.63) is 0 Å². The average molecular weight is 295 g/mol. The van der Waals surface area contributed by atoms with Gasteiger partial charge in [0.25, 0.3) is 0 Å². The van der Waals surface area contributed by atoms with Gasteiger partial charge in [-0.05, 0) is 31.1 Å². The van der Waals surface area contributed by atoms with E-state index in [-0.39, 0.29) is 5.60 Å². The second-order valence-electron chi connectivity index (χ2n) is 7.88. The Bertz CT molecular complexity index is 275. The molecular weight excluding hydrogens is 256 g/mol. The second-order valence-corrected chi connectivity index (χ2v) is 7.88. The first kappa shape index (κ1) is 17.3. The van der Waals surface area contributed by atoms with Crippen molar-refractivity contribution >= 4 is 0 Å². The molecule has 1 N–H and O–H groups in total. The molecule has 0 spiro atoms. The van der Waals surface area contributed by atoms with Gasteiger partial charge in [-0.2, -0.15) is 0 Å². The van der Waals surface area contributed by atoms with Crippen LogP contribution in [0.4, 0.5) is 0 Å². The van der Waals surface area contributed by atoms with E-state index in [1.165, 1.54) is 89.9 Å². The van der Waals surface area contributed by atoms with Crippen LogP contribution in [0, 0.1) is 11.8 Å². The van der Waals surface area contributed by atoms with Crippen LogP contribution in [0.1, 0.15) is 110 Å². The van der Waals surface area contributed by atoms with E-state index < -0.39 is 0 Å². The first-order valence-electron chi connectivity index (χ1n) is 9.98. The van der Waals surface area contributed by atoms with Crippen molar-refractivity contribution in [2.24, 2.45) is 11.8 Å². The molecule has 2 rings (SSSR count). The van der Waals surface area contributed by atoms with E-state index in [0.29, 0.717) is 5.92 Å². The van der Waals surface area contributed by atoms with Crippen molar-refractivity contribution in [1.29, 1.82) is 0 Å². The van der Waals surface area contributed by atoms with E-state index in [0.717, 1.165) is 18.8 Å². The van der Waals surface area contributed by atoms with E-state index in [1.54, 1.807) is 0 Å². The lowest BCUT2D eigenvalue weighted by Crippen LogP contribution is -2.32. The standard InChI is InChI=1S/C20H38O/c1-2-3-15-20(21)16-13-11-9-7-5-4-6-8-10-12-14-18-17-19(18)20/h18-19,21H,2-17H2,1H3/t18-,19+,20+/m1/s1. The van der Waals surface area contributed by atoms with E-state index >= 15 is 0 Å². The zero-order valence-electron chi connectivity index (χ0n) is 14.4. The second kappa shape index (κ2) is 9.18. The lowest BCUT2D eigenvalue weighted by Gasteiger charge is -2.29. The third-order valence-electron chi connectivity index (χ3n) is 6.01. The molecule has 0 aromatic rings. The molecule has 0 amide bonds. The van der Waals surface area contributed by atoms with Crippen LogP contribution in [0.2, 0.25) is 0 Å². The molecule has 1 heteroatoms. The van der Waals surface area contributed by atoms with Crippen LogP contribution < -0.4 is 0 Å². The Labute approximate surface area is 132 Å². The number of hydrogen-bond donors (Lipinski definition) is 1. The van der Waals surface area contributed by atoms with Crippen molar-refractivity contribution in [3.63, 3.8) is 0 Å². The summed E-state index contributed by atoms with van der Waals surface area (Å²) in [4.78, 5) is 0. The Morgan fingerprint density at radius 2 is 1.43 bits per heavy atom. The monoisotopic (exact) mass is 294 g/mol. The SMILES string of the molecule is CCCC[C@]1(O)CCCCCCCCCCCC[C@@H]2C[C@@H]21. The summed E-state index contributed by atoms with van der Waals surface area (Å²) in [5.41, 5.74) is -0.305. The third-order valence-corrected chi connectivity index (χ3v) is 6.01. The fraction of sp³-hybridized carbons (Fsp3) is 1.00. The maximum Gasteiger partial charge on any atom is 0.0678 e. The maximum absolute atomic E-state index is 11.2. The van der Waals surface area contributed by atoms with Crippen LogP contribution in [0.25, 0.3) is 0 Å². The van der Waals surface area contributed by atoms with Gasteiger partial charge in [0.15, 0.2) is 0 Å². The summed E-state index contributed by atoms with van der Waals surface area (Å²) in [6, 6.07) is 0. The van der Waals surface area contributed by atoms with Crippen molar-refractivity contribution < 1.29 is 5.11 Å². The molecule has 0 unspecified atom stereocenters. The van der Waals surface area contributed by atoms with Crippen LogP contribution in [0.15, 0.2) is 0 Å². The summed E-state index contributed by atoms with van der Waals surface area (Å²) in [6.45, 7) is 2.25. The third kappa shape index (κ3) is 5.93. The Morgan fingerprint density at radius 1 is 0.857 bits per heavy atom. The van der Waals surface area contributed by atoms with Crippen molar-refractivity contribution in [3.8, 4) is 0 Å². The highest BCUT2D eigenvalue weighted by molar-refractivity contribution is 5.00. The van der Waals surface area contributed by atoms with Crippen LogP contribution >= 0.6 is 0 Å². The van der Waals surface area contributed by atoms with Gasteiger partial charge >= 0.3 is 0 Å². The van der Waals surface area contributed by atoms with E-state index in [2.05, 4.69) is 6.92 Å². The number of fused-ring (bicyclic) bond motifs is 1. The lowest BCUT2D eigenvalue weighted by atomic mass is 9.84. The normalized spacial score (nSPS) is 36.3. The van der Waals surface area contributed by atoms with Crippen LogP contribution in [-0.4, -0.2) is 10.7 Å². The number of rotatable bonds is 3. The van der Waals surface area contributed by atoms with Crippen LogP contribution in [-0.2, 0) is 0 Å². The topological polar surface area (TPSA) is 20.2 Å². The maximum atomic E-state index is 11.2. The number of hydrogen-bond acceptors (Lipinski definition) is 1. The first-order valence-corrected chi connectivity index (χ1v) is 9.98. The highest BCUT2D eigenvalue weighted by Gasteiger charge is 2.50.